The van der Waals surface area contributed by atoms with Crippen molar-refractivity contribution < 1.29 is 4.74 Å². The number of hydrogen-bond donors (Lipinski definition) is 1. The maximum Gasteiger partial charge on any atom is 0.332 e. The van der Waals surface area contributed by atoms with Crippen molar-refractivity contribution >= 4 is 11.2 Å². The largest absolute Gasteiger partial charge is 0.383 e. The van der Waals surface area contributed by atoms with Crippen LogP contribution in [0.4, 0.5) is 0 Å². The van der Waals surface area contributed by atoms with Gasteiger partial charge >= 0.3 is 5.69 Å². The van der Waals surface area contributed by atoms with Gasteiger partial charge in [0.1, 0.15) is 5.82 Å². The van der Waals surface area contributed by atoms with Crippen LogP contribution in [0.25, 0.3) is 33.7 Å². The number of benzene rings is 3. The number of nitrogens with zero attached hydrogens (tertiary/aromatic N) is 7. The quantitative estimate of drug-likeness (QED) is 0.239. The minimum Gasteiger partial charge on any atom is -0.383 e. The fourth-order valence-electron chi connectivity index (χ4n) is 5.56. The van der Waals surface area contributed by atoms with Crippen LogP contribution in [0.2, 0.25) is 0 Å². The minimum absolute atomic E-state index is 0.0218. The molecule has 6 rings (SSSR count). The number of ether oxygens (including phenoxy) is 1. The number of methoxy groups -OCH3 is 1. The summed E-state index contributed by atoms with van der Waals surface area (Å²) in [5.74, 6) is 1.37. The van der Waals surface area contributed by atoms with Crippen LogP contribution >= 0.6 is 0 Å². The number of nitrogens with one attached hydrogen (secondary N) is 1. The molecule has 224 valence electrons. The van der Waals surface area contributed by atoms with Gasteiger partial charge in [0.25, 0.3) is 5.56 Å². The molecule has 0 amide bonds. The molecule has 0 saturated heterocycles. The molecule has 0 spiro atoms. The number of H-pyrrole nitrogens is 1. The van der Waals surface area contributed by atoms with Crippen LogP contribution in [-0.2, 0) is 30.8 Å². The van der Waals surface area contributed by atoms with E-state index in [1.807, 2.05) is 73.0 Å². The van der Waals surface area contributed by atoms with Crippen LogP contribution in [0, 0.1) is 0 Å². The van der Waals surface area contributed by atoms with Crippen molar-refractivity contribution in [2.24, 2.45) is 0 Å². The molecule has 0 atom stereocenters. The normalized spacial score (nSPS) is 11.5. The van der Waals surface area contributed by atoms with Crippen molar-refractivity contribution in [3.05, 3.63) is 117 Å². The molecule has 6 aromatic rings. The summed E-state index contributed by atoms with van der Waals surface area (Å²) in [4.78, 5) is 32.5. The summed E-state index contributed by atoms with van der Waals surface area (Å²) >= 11 is 0. The van der Waals surface area contributed by atoms with Gasteiger partial charge in [-0.25, -0.2) is 14.9 Å². The van der Waals surface area contributed by atoms with Crippen molar-refractivity contribution in [1.82, 2.24) is 39.3 Å². The molecule has 0 aliphatic carbocycles. The maximum atomic E-state index is 13.9. The van der Waals surface area contributed by atoms with E-state index in [1.54, 1.807) is 11.7 Å². The third kappa shape index (κ3) is 5.61. The van der Waals surface area contributed by atoms with Gasteiger partial charge in [0.2, 0.25) is 0 Å². The number of aromatic amines is 1. The lowest BCUT2D eigenvalue weighted by atomic mass is 9.98. The fraction of sp³-hybridized carbons (Fsp3) is 0.273. The van der Waals surface area contributed by atoms with Crippen LogP contribution < -0.4 is 11.2 Å². The zero-order valence-electron chi connectivity index (χ0n) is 25.0. The van der Waals surface area contributed by atoms with E-state index in [1.165, 1.54) is 4.57 Å². The van der Waals surface area contributed by atoms with Gasteiger partial charge < -0.3 is 9.30 Å². The lowest BCUT2D eigenvalue weighted by Crippen LogP contribution is -2.41. The first-order valence-corrected chi connectivity index (χ1v) is 14.6. The Hall–Kier alpha value is -5.16. The molecule has 0 radical (unpaired) electrons. The highest BCUT2D eigenvalue weighted by Crippen LogP contribution is 2.30. The number of hydrogen-bond acceptors (Lipinski definition) is 7. The molecule has 44 heavy (non-hydrogen) atoms. The second kappa shape index (κ2) is 12.6. The Morgan fingerprint density at radius 3 is 2.23 bits per heavy atom. The van der Waals surface area contributed by atoms with Crippen LogP contribution in [0.5, 0.6) is 0 Å². The van der Waals surface area contributed by atoms with Crippen LogP contribution in [0.1, 0.15) is 36.7 Å². The van der Waals surface area contributed by atoms with E-state index in [2.05, 4.69) is 44.9 Å². The topological polar surface area (TPSA) is 126 Å². The molecule has 3 aromatic carbocycles. The lowest BCUT2D eigenvalue weighted by molar-refractivity contribution is 0.184. The summed E-state index contributed by atoms with van der Waals surface area (Å²) in [6, 6.07) is 26.1. The number of aryl methyl sites for hydroxylation is 2. The van der Waals surface area contributed by atoms with E-state index in [9.17, 15) is 9.59 Å². The molecular weight excluding hydrogens is 556 g/mol. The Balaban J connectivity index is 1.42. The summed E-state index contributed by atoms with van der Waals surface area (Å²) in [5, 5.41) is 14.4. The third-order valence-electron chi connectivity index (χ3n) is 7.78. The maximum absolute atomic E-state index is 13.9. The molecule has 0 aliphatic rings. The van der Waals surface area contributed by atoms with Gasteiger partial charge in [-0.2, -0.15) is 0 Å². The molecule has 0 saturated carbocycles. The van der Waals surface area contributed by atoms with Gasteiger partial charge in [0.15, 0.2) is 17.0 Å². The number of aromatic nitrogens is 8. The molecule has 0 fully saturated rings. The van der Waals surface area contributed by atoms with Gasteiger partial charge in [-0.15, -0.1) is 5.10 Å². The summed E-state index contributed by atoms with van der Waals surface area (Å²) in [6.07, 6.45) is 0.634. The first kappa shape index (κ1) is 28.9. The minimum atomic E-state index is -0.375. The third-order valence-corrected chi connectivity index (χ3v) is 7.78. The first-order valence-electron chi connectivity index (χ1n) is 14.6. The Morgan fingerprint density at radius 2 is 1.55 bits per heavy atom. The summed E-state index contributed by atoms with van der Waals surface area (Å²) in [6.45, 7) is 5.33. The molecule has 11 nitrogen and oxygen atoms in total. The molecule has 0 unspecified atom stereocenters. The molecular formula is C33H34N8O3. The van der Waals surface area contributed by atoms with Crippen molar-refractivity contribution in [1.29, 1.82) is 0 Å². The number of tetrazole rings is 1. The molecule has 3 aromatic heterocycles. The van der Waals surface area contributed by atoms with Crippen molar-refractivity contribution in [3.8, 4) is 22.5 Å². The second-order valence-electron chi connectivity index (χ2n) is 11.0. The van der Waals surface area contributed by atoms with E-state index in [4.69, 9.17) is 9.72 Å². The zero-order valence-corrected chi connectivity index (χ0v) is 25.0. The Kier molecular flexibility index (Phi) is 8.29. The van der Waals surface area contributed by atoms with E-state index in [-0.39, 0.29) is 30.3 Å². The van der Waals surface area contributed by atoms with Crippen molar-refractivity contribution in [2.45, 2.75) is 45.8 Å². The summed E-state index contributed by atoms with van der Waals surface area (Å²) in [5.41, 5.74) is 5.12. The van der Waals surface area contributed by atoms with E-state index < -0.39 is 0 Å². The zero-order chi connectivity index (χ0) is 30.6. The number of rotatable bonds is 11. The van der Waals surface area contributed by atoms with E-state index >= 15 is 0 Å². The van der Waals surface area contributed by atoms with E-state index in [0.29, 0.717) is 36.5 Å². The average molecular weight is 591 g/mol. The average Bonchev–Trinajstić information content (AvgIpc) is 3.71. The number of imidazole rings is 1. The van der Waals surface area contributed by atoms with Crippen LogP contribution in [0.15, 0.2) is 88.5 Å². The highest BCUT2D eigenvalue weighted by Gasteiger charge is 2.23. The predicted octanol–water partition coefficient (Wildman–Crippen LogP) is 4.27. The highest BCUT2D eigenvalue weighted by atomic mass is 16.5. The second-order valence-corrected chi connectivity index (χ2v) is 11.0. The van der Waals surface area contributed by atoms with Gasteiger partial charge in [-0.05, 0) is 39.1 Å². The summed E-state index contributed by atoms with van der Waals surface area (Å²) < 4.78 is 10.1. The van der Waals surface area contributed by atoms with E-state index in [0.717, 1.165) is 33.6 Å². The highest BCUT2D eigenvalue weighted by molar-refractivity contribution is 5.80. The van der Waals surface area contributed by atoms with Gasteiger partial charge in [0.05, 0.1) is 13.2 Å². The molecule has 11 heteroatoms. The molecule has 0 bridgehead atoms. The monoisotopic (exact) mass is 590 g/mol. The van der Waals surface area contributed by atoms with Crippen LogP contribution in [-0.4, -0.2) is 53.0 Å². The Morgan fingerprint density at radius 1 is 0.818 bits per heavy atom. The summed E-state index contributed by atoms with van der Waals surface area (Å²) in [7, 11) is 1.56. The fourth-order valence-corrected chi connectivity index (χ4v) is 5.56. The molecule has 0 aliphatic heterocycles. The van der Waals surface area contributed by atoms with Gasteiger partial charge in [-0.1, -0.05) is 92.7 Å². The smallest absolute Gasteiger partial charge is 0.332 e. The first-order chi connectivity index (χ1) is 21.5. The van der Waals surface area contributed by atoms with Crippen molar-refractivity contribution in [3.63, 3.8) is 0 Å². The Bertz CT molecular complexity index is 1990. The standard InChI is InChI=1S/C33H34N8O3/c1-22(2)30-34-31-28(32(42)40(19-20-44-3)33(43)39(31)18-17-23-9-5-4-6-10-23)41(30)21-24-13-15-25(16-14-24)26-11-7-8-12-27(26)29-35-37-38-36-29/h4-16,22H,17-21H2,1-3H3,(H,35,36,37,38). The van der Waals surface area contributed by atoms with Gasteiger partial charge in [0, 0.05) is 31.7 Å². The lowest BCUT2D eigenvalue weighted by Gasteiger charge is -2.14. The Labute approximate surface area is 253 Å². The van der Waals surface area contributed by atoms with Crippen LogP contribution in [0.3, 0.4) is 0 Å². The van der Waals surface area contributed by atoms with Crippen molar-refractivity contribution in [2.75, 3.05) is 13.7 Å². The SMILES string of the molecule is COCCn1c(=O)c2c(nc(C(C)C)n2Cc2ccc(-c3ccccc3-c3nnn[nH]3)cc2)n(CCc2ccccc2)c1=O. The number of fused-ring (bicyclic) bond motifs is 1. The van der Waals surface area contributed by atoms with Gasteiger partial charge in [-0.3, -0.25) is 13.9 Å². The molecule has 3 heterocycles. The predicted molar refractivity (Wildman–Crippen MR) is 169 cm³/mol. The molecule has 1 N–H and O–H groups in total.